The highest BCUT2D eigenvalue weighted by Gasteiger charge is 2.27. The molecule has 7 heteroatoms. The minimum absolute atomic E-state index is 0.0335. The third-order valence-electron chi connectivity index (χ3n) is 4.69. The van der Waals surface area contributed by atoms with Crippen LogP contribution in [-0.4, -0.2) is 24.7 Å². The van der Waals surface area contributed by atoms with Crippen molar-refractivity contribution in [2.75, 3.05) is 5.73 Å². The van der Waals surface area contributed by atoms with Crippen molar-refractivity contribution in [1.82, 2.24) is 4.72 Å². The van der Waals surface area contributed by atoms with Gasteiger partial charge >= 0.3 is 0 Å². The molecule has 1 aliphatic carbocycles. The lowest BCUT2D eigenvalue weighted by molar-refractivity contribution is 0.362. The SMILES string of the molecule is Nc1ccc(S(=O)(=O)NC2CCC(c3ccc(O)cc3O)CC2)cc1. The minimum atomic E-state index is -3.56. The number of nitrogens with two attached hydrogens (primary N) is 1. The molecular weight excluding hydrogens is 340 g/mol. The van der Waals surface area contributed by atoms with Crippen molar-refractivity contribution in [2.45, 2.75) is 42.5 Å². The van der Waals surface area contributed by atoms with Gasteiger partial charge in [0, 0.05) is 17.8 Å². The standard InChI is InChI=1S/C18H22N2O4S/c19-13-3-8-16(9-4-13)25(23,24)20-14-5-1-12(2-6-14)17-10-7-15(21)11-18(17)22/h3-4,7-12,14,20-22H,1-2,5-6,19H2. The van der Waals surface area contributed by atoms with E-state index in [0.717, 1.165) is 18.4 Å². The van der Waals surface area contributed by atoms with Gasteiger partial charge in [0.15, 0.2) is 0 Å². The highest BCUT2D eigenvalue weighted by molar-refractivity contribution is 7.89. The molecular formula is C18H22N2O4S. The zero-order valence-corrected chi connectivity index (χ0v) is 14.5. The van der Waals surface area contributed by atoms with Crippen LogP contribution >= 0.6 is 0 Å². The van der Waals surface area contributed by atoms with Crippen LogP contribution in [0.15, 0.2) is 47.4 Å². The Morgan fingerprint density at radius 1 is 0.960 bits per heavy atom. The Balaban J connectivity index is 1.63. The van der Waals surface area contributed by atoms with Gasteiger partial charge in [0.2, 0.25) is 10.0 Å². The molecule has 0 spiro atoms. The van der Waals surface area contributed by atoms with Gasteiger partial charge in [-0.05, 0) is 67.5 Å². The highest BCUT2D eigenvalue weighted by atomic mass is 32.2. The predicted molar refractivity (Wildman–Crippen MR) is 95.9 cm³/mol. The van der Waals surface area contributed by atoms with E-state index in [1.165, 1.54) is 18.2 Å². The second-order valence-corrected chi connectivity index (χ2v) is 8.20. The maximum Gasteiger partial charge on any atom is 0.240 e. The van der Waals surface area contributed by atoms with Crippen LogP contribution in [0.3, 0.4) is 0 Å². The molecule has 3 rings (SSSR count). The number of hydrogen-bond donors (Lipinski definition) is 4. The van der Waals surface area contributed by atoms with Crippen LogP contribution in [0.25, 0.3) is 0 Å². The van der Waals surface area contributed by atoms with Crippen molar-refractivity contribution in [2.24, 2.45) is 0 Å². The largest absolute Gasteiger partial charge is 0.508 e. The van der Waals surface area contributed by atoms with Gasteiger partial charge in [0.05, 0.1) is 4.90 Å². The van der Waals surface area contributed by atoms with Gasteiger partial charge in [-0.2, -0.15) is 0 Å². The Kier molecular flexibility index (Phi) is 4.87. The van der Waals surface area contributed by atoms with Crippen LogP contribution in [-0.2, 0) is 10.0 Å². The molecule has 25 heavy (non-hydrogen) atoms. The fraction of sp³-hybridized carbons (Fsp3) is 0.333. The summed E-state index contributed by atoms with van der Waals surface area (Å²) in [7, 11) is -3.56. The number of hydrogen-bond acceptors (Lipinski definition) is 5. The van der Waals surface area contributed by atoms with Gasteiger partial charge < -0.3 is 15.9 Å². The molecule has 1 aliphatic rings. The molecule has 0 saturated heterocycles. The van der Waals surface area contributed by atoms with E-state index in [2.05, 4.69) is 4.72 Å². The smallest absolute Gasteiger partial charge is 0.240 e. The Hall–Kier alpha value is -2.25. The Bertz CT molecular complexity index is 842. The van der Waals surface area contributed by atoms with Gasteiger partial charge in [0.1, 0.15) is 11.5 Å². The summed E-state index contributed by atoms with van der Waals surface area (Å²) in [5.41, 5.74) is 6.92. The summed E-state index contributed by atoms with van der Waals surface area (Å²) in [6, 6.07) is 10.6. The van der Waals surface area contributed by atoms with Gasteiger partial charge in [-0.25, -0.2) is 13.1 Å². The number of nitrogen functional groups attached to an aromatic ring is 1. The summed E-state index contributed by atoms with van der Waals surface area (Å²) in [4.78, 5) is 0.208. The van der Waals surface area contributed by atoms with Gasteiger partial charge in [-0.1, -0.05) is 6.07 Å². The molecule has 5 N–H and O–H groups in total. The van der Waals surface area contributed by atoms with Crippen molar-refractivity contribution in [3.05, 3.63) is 48.0 Å². The summed E-state index contributed by atoms with van der Waals surface area (Å²) in [6.45, 7) is 0. The molecule has 0 amide bonds. The molecule has 2 aromatic carbocycles. The molecule has 1 fully saturated rings. The lowest BCUT2D eigenvalue weighted by Gasteiger charge is -2.29. The Labute approximate surface area is 147 Å². The molecule has 0 radical (unpaired) electrons. The molecule has 134 valence electrons. The predicted octanol–water partition coefficient (Wildman–Crippen LogP) is 2.68. The third kappa shape index (κ3) is 4.05. The minimum Gasteiger partial charge on any atom is -0.508 e. The lowest BCUT2D eigenvalue weighted by Crippen LogP contribution is -2.37. The van der Waals surface area contributed by atoms with E-state index in [0.29, 0.717) is 18.5 Å². The molecule has 6 nitrogen and oxygen atoms in total. The van der Waals surface area contributed by atoms with E-state index in [1.807, 2.05) is 0 Å². The summed E-state index contributed by atoms with van der Waals surface area (Å²) in [6.07, 6.45) is 2.93. The van der Waals surface area contributed by atoms with Crippen molar-refractivity contribution in [3.63, 3.8) is 0 Å². The first kappa shape index (κ1) is 17.6. The van der Waals surface area contributed by atoms with Gasteiger partial charge in [-0.15, -0.1) is 0 Å². The van der Waals surface area contributed by atoms with Crippen LogP contribution in [0.2, 0.25) is 0 Å². The molecule has 0 aliphatic heterocycles. The second kappa shape index (κ2) is 6.93. The fourth-order valence-electron chi connectivity index (χ4n) is 3.33. The zero-order chi connectivity index (χ0) is 18.0. The van der Waals surface area contributed by atoms with Crippen LogP contribution < -0.4 is 10.5 Å². The first-order valence-corrected chi connectivity index (χ1v) is 9.73. The van der Waals surface area contributed by atoms with Crippen LogP contribution in [0.1, 0.15) is 37.2 Å². The second-order valence-electron chi connectivity index (χ2n) is 6.48. The summed E-state index contributed by atoms with van der Waals surface area (Å²) < 4.78 is 27.6. The number of nitrogens with one attached hydrogen (secondary N) is 1. The average Bonchev–Trinajstić information content (AvgIpc) is 2.56. The maximum absolute atomic E-state index is 12.4. The number of phenolic OH excluding ortho intramolecular Hbond substituents is 2. The molecule has 0 aromatic heterocycles. The summed E-state index contributed by atoms with van der Waals surface area (Å²) in [5.74, 6) is 0.287. The molecule has 0 atom stereocenters. The number of rotatable bonds is 4. The van der Waals surface area contributed by atoms with Crippen LogP contribution in [0, 0.1) is 0 Å². The zero-order valence-electron chi connectivity index (χ0n) is 13.7. The molecule has 0 heterocycles. The number of aromatic hydroxyl groups is 2. The number of benzene rings is 2. The topological polar surface area (TPSA) is 113 Å². The lowest BCUT2D eigenvalue weighted by atomic mass is 9.81. The summed E-state index contributed by atoms with van der Waals surface area (Å²) >= 11 is 0. The fourth-order valence-corrected chi connectivity index (χ4v) is 4.64. The number of sulfonamides is 1. The van der Waals surface area contributed by atoms with Crippen LogP contribution in [0.5, 0.6) is 11.5 Å². The Morgan fingerprint density at radius 3 is 2.20 bits per heavy atom. The quantitative estimate of drug-likeness (QED) is 0.625. The van der Waals surface area contributed by atoms with Crippen molar-refractivity contribution in [3.8, 4) is 11.5 Å². The van der Waals surface area contributed by atoms with Gasteiger partial charge in [-0.3, -0.25) is 0 Å². The third-order valence-corrected chi connectivity index (χ3v) is 6.23. The Morgan fingerprint density at radius 2 is 1.60 bits per heavy atom. The molecule has 1 saturated carbocycles. The van der Waals surface area contributed by atoms with Crippen molar-refractivity contribution in [1.29, 1.82) is 0 Å². The van der Waals surface area contributed by atoms with E-state index in [4.69, 9.17) is 5.73 Å². The average molecular weight is 362 g/mol. The number of anilines is 1. The van der Waals surface area contributed by atoms with E-state index >= 15 is 0 Å². The normalized spacial score (nSPS) is 21.1. The molecule has 0 unspecified atom stereocenters. The molecule has 2 aromatic rings. The highest BCUT2D eigenvalue weighted by Crippen LogP contribution is 2.38. The van der Waals surface area contributed by atoms with E-state index in [9.17, 15) is 18.6 Å². The van der Waals surface area contributed by atoms with Gasteiger partial charge in [0.25, 0.3) is 0 Å². The van der Waals surface area contributed by atoms with E-state index < -0.39 is 10.0 Å². The van der Waals surface area contributed by atoms with Crippen molar-refractivity contribution >= 4 is 15.7 Å². The van der Waals surface area contributed by atoms with E-state index in [1.54, 1.807) is 24.3 Å². The monoisotopic (exact) mass is 362 g/mol. The maximum atomic E-state index is 12.4. The first-order valence-electron chi connectivity index (χ1n) is 8.25. The van der Waals surface area contributed by atoms with E-state index in [-0.39, 0.29) is 28.4 Å². The summed E-state index contributed by atoms with van der Waals surface area (Å²) in [5, 5.41) is 19.4. The number of phenols is 2. The first-order chi connectivity index (χ1) is 11.8. The molecule has 0 bridgehead atoms. The van der Waals surface area contributed by atoms with Crippen LogP contribution in [0.4, 0.5) is 5.69 Å². The van der Waals surface area contributed by atoms with Crippen molar-refractivity contribution < 1.29 is 18.6 Å².